The van der Waals surface area contributed by atoms with E-state index in [1.165, 1.54) is 0 Å². The van der Waals surface area contributed by atoms with Crippen molar-refractivity contribution < 1.29 is 19.1 Å². The van der Waals surface area contributed by atoms with Crippen LogP contribution in [-0.4, -0.2) is 29.5 Å². The Kier molecular flexibility index (Phi) is 6.87. The number of Topliss-reactive ketones (excluding diaryl/α,β-unsaturated/α-hetero) is 1. The summed E-state index contributed by atoms with van der Waals surface area (Å²) >= 11 is 0. The van der Waals surface area contributed by atoms with E-state index < -0.39 is 5.97 Å². The Morgan fingerprint density at radius 3 is 2.53 bits per heavy atom. The maximum atomic E-state index is 12.7. The van der Waals surface area contributed by atoms with Gasteiger partial charge in [0.05, 0.1) is 24.7 Å². The molecule has 0 N–H and O–H groups in total. The Balaban J connectivity index is 1.65. The molecule has 2 aromatic carbocycles. The molecule has 1 heterocycles. The van der Waals surface area contributed by atoms with Gasteiger partial charge in [-0.1, -0.05) is 32.0 Å². The second-order valence-corrected chi connectivity index (χ2v) is 7.39. The van der Waals surface area contributed by atoms with Crippen molar-refractivity contribution in [2.24, 2.45) is 5.92 Å². The van der Waals surface area contributed by atoms with Crippen molar-refractivity contribution in [3.05, 3.63) is 65.9 Å². The summed E-state index contributed by atoms with van der Waals surface area (Å²) in [7, 11) is 0. The zero-order chi connectivity index (χ0) is 21.5. The van der Waals surface area contributed by atoms with E-state index in [0.717, 1.165) is 10.9 Å². The number of carbonyl (C=O) groups is 2. The van der Waals surface area contributed by atoms with Gasteiger partial charge in [0, 0.05) is 29.2 Å². The zero-order valence-corrected chi connectivity index (χ0v) is 17.1. The number of fused-ring (bicyclic) bond motifs is 1. The fourth-order valence-electron chi connectivity index (χ4n) is 3.07. The van der Waals surface area contributed by atoms with Gasteiger partial charge in [0.15, 0.2) is 6.61 Å². The highest BCUT2D eigenvalue weighted by atomic mass is 16.5. The van der Waals surface area contributed by atoms with Crippen molar-refractivity contribution >= 4 is 22.7 Å². The second kappa shape index (κ2) is 9.75. The minimum atomic E-state index is -0.563. The predicted octanol–water partition coefficient (Wildman–Crippen LogP) is 4.63. The van der Waals surface area contributed by atoms with Gasteiger partial charge in [-0.3, -0.25) is 4.79 Å². The summed E-state index contributed by atoms with van der Waals surface area (Å²) in [6, 6.07) is 16.3. The molecule has 0 aliphatic heterocycles. The Morgan fingerprint density at radius 1 is 1.10 bits per heavy atom. The maximum Gasteiger partial charge on any atom is 0.338 e. The van der Waals surface area contributed by atoms with Gasteiger partial charge in [0.1, 0.15) is 5.75 Å². The summed E-state index contributed by atoms with van der Waals surface area (Å²) in [4.78, 5) is 25.0. The number of carbonyl (C=O) groups excluding carboxylic acids is 2. The van der Waals surface area contributed by atoms with E-state index in [0.29, 0.717) is 42.4 Å². The number of para-hydroxylation sites is 1. The minimum Gasteiger partial charge on any atom is -0.493 e. The lowest BCUT2D eigenvalue weighted by Crippen LogP contribution is -2.14. The van der Waals surface area contributed by atoms with E-state index in [-0.39, 0.29) is 12.4 Å². The molecule has 154 valence electrons. The first kappa shape index (κ1) is 21.1. The Bertz CT molecular complexity index is 1070. The van der Waals surface area contributed by atoms with Gasteiger partial charge in [0.25, 0.3) is 0 Å². The number of nitriles is 1. The first-order chi connectivity index (χ1) is 14.5. The van der Waals surface area contributed by atoms with Crippen molar-refractivity contribution in [1.29, 1.82) is 5.26 Å². The van der Waals surface area contributed by atoms with Crippen LogP contribution < -0.4 is 4.74 Å². The molecule has 0 bridgehead atoms. The average Bonchev–Trinajstić information content (AvgIpc) is 3.13. The third-order valence-electron chi connectivity index (χ3n) is 4.56. The van der Waals surface area contributed by atoms with Crippen LogP contribution in [0.25, 0.3) is 10.9 Å². The van der Waals surface area contributed by atoms with Crippen LogP contribution in [0.1, 0.15) is 41.0 Å². The molecule has 3 rings (SSSR count). The first-order valence-corrected chi connectivity index (χ1v) is 9.87. The van der Waals surface area contributed by atoms with E-state index in [1.807, 2.05) is 28.8 Å². The van der Waals surface area contributed by atoms with Crippen LogP contribution in [0.4, 0.5) is 0 Å². The molecule has 0 unspecified atom stereocenters. The highest BCUT2D eigenvalue weighted by Gasteiger charge is 2.17. The van der Waals surface area contributed by atoms with Gasteiger partial charge >= 0.3 is 5.97 Å². The smallest absolute Gasteiger partial charge is 0.338 e. The Hall–Kier alpha value is -3.59. The average molecular weight is 404 g/mol. The number of ketones is 1. The number of aryl methyl sites for hydroxylation is 1. The molecule has 6 nitrogen and oxygen atoms in total. The van der Waals surface area contributed by atoms with Gasteiger partial charge in [-0.05, 0) is 36.2 Å². The molecule has 0 aliphatic rings. The number of benzene rings is 2. The molecule has 0 radical (unpaired) electrons. The third-order valence-corrected chi connectivity index (χ3v) is 4.56. The molecule has 0 amide bonds. The molecule has 1 aromatic heterocycles. The molecule has 30 heavy (non-hydrogen) atoms. The zero-order valence-electron chi connectivity index (χ0n) is 17.1. The van der Waals surface area contributed by atoms with E-state index >= 15 is 0 Å². The topological polar surface area (TPSA) is 81.3 Å². The Labute approximate surface area is 175 Å². The fraction of sp³-hybridized carbons (Fsp3) is 0.292. The van der Waals surface area contributed by atoms with Crippen molar-refractivity contribution in [2.45, 2.75) is 26.8 Å². The van der Waals surface area contributed by atoms with Crippen molar-refractivity contribution in [1.82, 2.24) is 4.57 Å². The number of hydrogen-bond acceptors (Lipinski definition) is 5. The van der Waals surface area contributed by atoms with Gasteiger partial charge in [0.2, 0.25) is 5.78 Å². The summed E-state index contributed by atoms with van der Waals surface area (Å²) in [5.41, 5.74) is 1.71. The van der Waals surface area contributed by atoms with Crippen LogP contribution in [0, 0.1) is 17.2 Å². The van der Waals surface area contributed by atoms with E-state index in [1.54, 1.807) is 30.5 Å². The number of esters is 1. The summed E-state index contributed by atoms with van der Waals surface area (Å²) < 4.78 is 12.7. The van der Waals surface area contributed by atoms with E-state index in [2.05, 4.69) is 19.9 Å². The minimum absolute atomic E-state index is 0.285. The maximum absolute atomic E-state index is 12.7. The summed E-state index contributed by atoms with van der Waals surface area (Å²) in [5, 5.41) is 9.63. The molecule has 0 spiro atoms. The highest BCUT2D eigenvalue weighted by Crippen LogP contribution is 2.22. The SMILES string of the molecule is CC(C)COc1ccc(C(=O)OCC(=O)c2cn(CCC#N)c3ccccc23)cc1. The Morgan fingerprint density at radius 2 is 1.83 bits per heavy atom. The van der Waals surface area contributed by atoms with Gasteiger partial charge in [-0.15, -0.1) is 0 Å². The summed E-state index contributed by atoms with van der Waals surface area (Å²) in [6.45, 7) is 4.86. The van der Waals surface area contributed by atoms with Crippen molar-refractivity contribution in [3.63, 3.8) is 0 Å². The molecule has 0 saturated heterocycles. The number of nitrogens with zero attached hydrogens (tertiary/aromatic N) is 2. The lowest BCUT2D eigenvalue weighted by Gasteiger charge is -2.09. The standard InChI is InChI=1S/C24H24N2O4/c1-17(2)15-29-19-10-8-18(9-11-19)24(28)30-16-23(27)21-14-26(13-5-12-25)22-7-4-3-6-20(21)22/h3-4,6-11,14,17H,5,13,15-16H2,1-2H3. The van der Waals surface area contributed by atoms with Crippen LogP contribution in [-0.2, 0) is 11.3 Å². The first-order valence-electron chi connectivity index (χ1n) is 9.87. The molecule has 0 fully saturated rings. The highest BCUT2D eigenvalue weighted by molar-refractivity contribution is 6.09. The van der Waals surface area contributed by atoms with Crippen LogP contribution in [0.3, 0.4) is 0 Å². The van der Waals surface area contributed by atoms with Crippen molar-refractivity contribution in [3.8, 4) is 11.8 Å². The van der Waals surface area contributed by atoms with Gasteiger partial charge in [-0.25, -0.2) is 4.79 Å². The number of ether oxygens (including phenoxy) is 2. The molecular formula is C24H24N2O4. The van der Waals surface area contributed by atoms with Crippen molar-refractivity contribution in [2.75, 3.05) is 13.2 Å². The molecule has 0 atom stereocenters. The molecule has 3 aromatic rings. The quantitative estimate of drug-likeness (QED) is 0.384. The second-order valence-electron chi connectivity index (χ2n) is 7.39. The third kappa shape index (κ3) is 5.06. The van der Waals surface area contributed by atoms with Crippen LogP contribution in [0.2, 0.25) is 0 Å². The lowest BCUT2D eigenvalue weighted by atomic mass is 10.1. The van der Waals surface area contributed by atoms with Crippen LogP contribution in [0.15, 0.2) is 54.7 Å². The monoisotopic (exact) mass is 404 g/mol. The lowest BCUT2D eigenvalue weighted by molar-refractivity contribution is 0.0475. The number of rotatable bonds is 9. The van der Waals surface area contributed by atoms with Crippen LogP contribution >= 0.6 is 0 Å². The summed E-state index contributed by atoms with van der Waals surface area (Å²) in [5.74, 6) is 0.243. The van der Waals surface area contributed by atoms with E-state index in [9.17, 15) is 9.59 Å². The number of aromatic nitrogens is 1. The van der Waals surface area contributed by atoms with Gasteiger partial charge in [-0.2, -0.15) is 5.26 Å². The molecule has 0 saturated carbocycles. The predicted molar refractivity (Wildman–Crippen MR) is 114 cm³/mol. The molecular weight excluding hydrogens is 380 g/mol. The molecule has 6 heteroatoms. The fourth-order valence-corrected chi connectivity index (χ4v) is 3.07. The van der Waals surface area contributed by atoms with Gasteiger partial charge < -0.3 is 14.0 Å². The molecule has 0 aliphatic carbocycles. The number of hydrogen-bond donors (Lipinski definition) is 0. The summed E-state index contributed by atoms with van der Waals surface area (Å²) in [6.07, 6.45) is 2.07. The normalized spacial score (nSPS) is 10.7. The largest absolute Gasteiger partial charge is 0.493 e. The van der Waals surface area contributed by atoms with Crippen LogP contribution in [0.5, 0.6) is 5.75 Å². The van der Waals surface area contributed by atoms with E-state index in [4.69, 9.17) is 14.7 Å².